The van der Waals surface area contributed by atoms with E-state index in [1.807, 2.05) is 0 Å². The molecule has 0 saturated carbocycles. The Labute approximate surface area is 134 Å². The van der Waals surface area contributed by atoms with Gasteiger partial charge in [0.25, 0.3) is 0 Å². The summed E-state index contributed by atoms with van der Waals surface area (Å²) in [6, 6.07) is 3.26. The molecular weight excluding hydrogens is 323 g/mol. The van der Waals surface area contributed by atoms with Crippen molar-refractivity contribution in [3.8, 4) is 5.75 Å². The Balaban J connectivity index is 1.95. The van der Waals surface area contributed by atoms with Crippen molar-refractivity contribution < 1.29 is 22.9 Å². The molecule has 2 aliphatic rings. The minimum Gasteiger partial charge on any atom is -0.507 e. The van der Waals surface area contributed by atoms with Gasteiger partial charge in [-0.1, -0.05) is 11.3 Å². The largest absolute Gasteiger partial charge is 0.507 e. The van der Waals surface area contributed by atoms with Crippen LogP contribution in [-0.4, -0.2) is 24.1 Å². The van der Waals surface area contributed by atoms with Gasteiger partial charge in [-0.05, 0) is 30.5 Å². The highest BCUT2D eigenvalue weighted by Gasteiger charge is 2.28. The summed E-state index contributed by atoms with van der Waals surface area (Å²) >= 11 is -1.63. The zero-order valence-electron chi connectivity index (χ0n) is 12.4. The van der Waals surface area contributed by atoms with Gasteiger partial charge in [0.1, 0.15) is 5.75 Å². The molecule has 1 N–H and O–H groups in total. The Kier molecular flexibility index (Phi) is 3.79. The van der Waals surface area contributed by atoms with Crippen molar-refractivity contribution in [1.29, 1.82) is 0 Å². The van der Waals surface area contributed by atoms with E-state index >= 15 is 0 Å². The van der Waals surface area contributed by atoms with Gasteiger partial charge in [-0.15, -0.1) is 0 Å². The summed E-state index contributed by atoms with van der Waals surface area (Å²) in [6.07, 6.45) is 0.535. The van der Waals surface area contributed by atoms with E-state index in [-0.39, 0.29) is 17.1 Å². The molecule has 0 radical (unpaired) electrons. The van der Waals surface area contributed by atoms with Crippen LogP contribution in [0.1, 0.15) is 29.4 Å². The average molecular weight is 340 g/mol. The zero-order valence-corrected chi connectivity index (χ0v) is 13.3. The molecule has 1 unspecified atom stereocenters. The lowest BCUT2D eigenvalue weighted by Gasteiger charge is -2.26. The molecule has 7 heteroatoms. The number of thiol groups is 1. The summed E-state index contributed by atoms with van der Waals surface area (Å²) < 4.78 is 30.2. The molecule has 1 fully saturated rings. The van der Waals surface area contributed by atoms with E-state index < -0.39 is 23.2 Å². The van der Waals surface area contributed by atoms with Gasteiger partial charge in [0, 0.05) is 16.9 Å². The minimum absolute atomic E-state index is 0.0314. The van der Waals surface area contributed by atoms with E-state index in [0.717, 1.165) is 17.4 Å². The summed E-state index contributed by atoms with van der Waals surface area (Å²) in [5.41, 5.74) is 1.35. The number of aryl methyl sites for hydroxylation is 1. The second-order valence-corrected chi connectivity index (χ2v) is 7.43. The molecule has 124 valence electrons. The number of hydrogen-bond acceptors (Lipinski definition) is 5. The van der Waals surface area contributed by atoms with Gasteiger partial charge in [0.2, 0.25) is 0 Å². The van der Waals surface area contributed by atoms with Crippen molar-refractivity contribution in [3.63, 3.8) is 0 Å². The first-order valence-corrected chi connectivity index (χ1v) is 9.20. The van der Waals surface area contributed by atoms with E-state index in [1.54, 1.807) is 12.1 Å². The van der Waals surface area contributed by atoms with Crippen molar-refractivity contribution in [2.45, 2.75) is 24.9 Å². The van der Waals surface area contributed by atoms with Crippen LogP contribution in [0.3, 0.4) is 0 Å². The molecule has 0 bridgehead atoms. The smallest absolute Gasteiger partial charge is 0.340 e. The maximum absolute atomic E-state index is 13.7. The highest BCUT2D eigenvalue weighted by molar-refractivity contribution is 8.11. The number of hydrogen-bond donors (Lipinski definition) is 2. The number of aromatic hydroxyl groups is 1. The van der Waals surface area contributed by atoms with Gasteiger partial charge in [0.15, 0.2) is 11.9 Å². The Hall–Kier alpha value is -1.57. The number of phenols is 1. The van der Waals surface area contributed by atoms with Gasteiger partial charge in [0.05, 0.1) is 24.3 Å². The second kappa shape index (κ2) is 5.81. The first-order chi connectivity index (χ1) is 11.1. The predicted octanol–water partition coefficient (Wildman–Crippen LogP) is 2.88. The predicted molar refractivity (Wildman–Crippen MR) is 85.8 cm³/mol. The number of rotatable bonds is 1. The van der Waals surface area contributed by atoms with E-state index in [0.29, 0.717) is 36.5 Å². The third-order valence-corrected chi connectivity index (χ3v) is 5.67. The van der Waals surface area contributed by atoms with Crippen LogP contribution < -0.4 is 5.63 Å². The SMILES string of the molecule is O=c1oc2c(C3OCCCO3)c(O)ccc2c2c1C[SH](F)CC2. The van der Waals surface area contributed by atoms with Gasteiger partial charge < -0.3 is 19.0 Å². The van der Waals surface area contributed by atoms with Gasteiger partial charge in [-0.25, -0.2) is 4.79 Å². The second-order valence-electron chi connectivity index (χ2n) is 5.74. The number of halogens is 1. The Morgan fingerprint density at radius 2 is 2.00 bits per heavy atom. The van der Waals surface area contributed by atoms with Crippen LogP contribution in [0.15, 0.2) is 21.3 Å². The molecule has 0 aliphatic carbocycles. The van der Waals surface area contributed by atoms with E-state index in [1.165, 1.54) is 0 Å². The van der Waals surface area contributed by atoms with Crippen molar-refractivity contribution in [3.05, 3.63) is 39.2 Å². The fourth-order valence-corrected chi connectivity index (χ4v) is 4.48. The lowest BCUT2D eigenvalue weighted by molar-refractivity contribution is -0.183. The summed E-state index contributed by atoms with van der Waals surface area (Å²) in [5, 5.41) is 10.9. The third kappa shape index (κ3) is 2.52. The van der Waals surface area contributed by atoms with Crippen LogP contribution in [0, 0.1) is 0 Å². The molecule has 1 atom stereocenters. The van der Waals surface area contributed by atoms with Crippen LogP contribution in [0.2, 0.25) is 0 Å². The lowest BCUT2D eigenvalue weighted by atomic mass is 9.99. The van der Waals surface area contributed by atoms with Crippen molar-refractivity contribution in [1.82, 2.24) is 0 Å². The third-order valence-electron chi connectivity index (χ3n) is 4.30. The van der Waals surface area contributed by atoms with Crippen LogP contribution in [-0.2, 0) is 21.6 Å². The lowest BCUT2D eigenvalue weighted by Crippen LogP contribution is -2.20. The summed E-state index contributed by atoms with van der Waals surface area (Å²) in [4.78, 5) is 12.3. The zero-order chi connectivity index (χ0) is 16.0. The first-order valence-electron chi connectivity index (χ1n) is 7.59. The quantitative estimate of drug-likeness (QED) is 0.617. The maximum atomic E-state index is 13.7. The molecule has 1 aromatic carbocycles. The van der Waals surface area contributed by atoms with Gasteiger partial charge in [-0.3, -0.25) is 0 Å². The first kappa shape index (κ1) is 15.0. The Bertz CT molecular complexity index is 812. The van der Waals surface area contributed by atoms with E-state index in [2.05, 4.69) is 0 Å². The Morgan fingerprint density at radius 3 is 2.78 bits per heavy atom. The number of phenolic OH excluding ortho intramolecular Hbond substituents is 1. The monoisotopic (exact) mass is 340 g/mol. The molecule has 0 amide bonds. The summed E-state index contributed by atoms with van der Waals surface area (Å²) in [5.74, 6) is 0.569. The molecule has 23 heavy (non-hydrogen) atoms. The number of fused-ring (bicyclic) bond motifs is 3. The van der Waals surface area contributed by atoms with Gasteiger partial charge >= 0.3 is 5.63 Å². The molecule has 2 aliphatic heterocycles. The number of ether oxygens (including phenoxy) is 2. The minimum atomic E-state index is -1.63. The van der Waals surface area contributed by atoms with Crippen molar-refractivity contribution >= 4 is 22.3 Å². The van der Waals surface area contributed by atoms with Gasteiger partial charge in [-0.2, -0.15) is 3.89 Å². The summed E-state index contributed by atoms with van der Waals surface area (Å²) in [7, 11) is 0. The number of benzene rings is 1. The van der Waals surface area contributed by atoms with Crippen molar-refractivity contribution in [2.24, 2.45) is 0 Å². The highest BCUT2D eigenvalue weighted by atomic mass is 32.2. The van der Waals surface area contributed by atoms with E-state index in [4.69, 9.17) is 13.9 Å². The fourth-order valence-electron chi connectivity index (χ4n) is 3.19. The molecular formula is C16H17FO5S. The molecule has 4 rings (SSSR count). The van der Waals surface area contributed by atoms with Crippen LogP contribution >= 0.6 is 11.3 Å². The fraction of sp³-hybridized carbons (Fsp3) is 0.438. The Morgan fingerprint density at radius 1 is 1.22 bits per heavy atom. The molecule has 1 aromatic heterocycles. The summed E-state index contributed by atoms with van der Waals surface area (Å²) in [6.45, 7) is 1.03. The highest BCUT2D eigenvalue weighted by Crippen LogP contribution is 2.42. The van der Waals surface area contributed by atoms with Crippen molar-refractivity contribution in [2.75, 3.05) is 19.0 Å². The molecule has 0 spiro atoms. The molecule has 1 saturated heterocycles. The standard InChI is InChI=1S/C16H17FO5S/c17-23-7-4-9-10-2-3-12(18)13(16-20-5-1-6-21-16)14(10)22-15(19)11(9)8-23/h2-3,16,18,23H,1,4-8H2. The topological polar surface area (TPSA) is 68.9 Å². The molecule has 2 aromatic rings. The van der Waals surface area contributed by atoms with Crippen LogP contribution in [0.5, 0.6) is 5.75 Å². The molecule has 3 heterocycles. The molecule has 5 nitrogen and oxygen atoms in total. The average Bonchev–Trinajstić information content (AvgIpc) is 2.56. The van der Waals surface area contributed by atoms with E-state index in [9.17, 15) is 13.8 Å². The normalized spacial score (nSPS) is 23.8. The van der Waals surface area contributed by atoms with Crippen LogP contribution in [0.25, 0.3) is 11.0 Å². The van der Waals surface area contributed by atoms with Crippen LogP contribution in [0.4, 0.5) is 3.89 Å². The maximum Gasteiger partial charge on any atom is 0.340 e.